The average molecular weight is 241 g/mol. The second kappa shape index (κ2) is 6.20. The zero-order valence-corrected chi connectivity index (χ0v) is 9.87. The third-order valence-corrected chi connectivity index (χ3v) is 2.30. The Bertz CT molecular complexity index is 395. The van der Waals surface area contributed by atoms with Crippen molar-refractivity contribution in [3.63, 3.8) is 0 Å². The maximum atomic E-state index is 13.0. The summed E-state index contributed by atoms with van der Waals surface area (Å²) in [6.45, 7) is 4.08. The first-order chi connectivity index (χ1) is 8.04. The van der Waals surface area contributed by atoms with Gasteiger partial charge in [-0.15, -0.1) is 0 Å². The molecule has 4 nitrogen and oxygen atoms in total. The maximum Gasteiger partial charge on any atom is 0.324 e. The molecule has 0 aliphatic rings. The van der Waals surface area contributed by atoms with Crippen LogP contribution in [-0.2, 0) is 4.79 Å². The first kappa shape index (κ1) is 13.4. The van der Waals surface area contributed by atoms with Crippen LogP contribution in [0.2, 0.25) is 0 Å². The van der Waals surface area contributed by atoms with Crippen LogP contribution in [0.4, 0.5) is 4.39 Å². The fourth-order valence-corrected chi connectivity index (χ4v) is 1.37. The first-order valence-electron chi connectivity index (χ1n) is 5.39. The number of aryl methyl sites for hydroxylation is 1. The fraction of sp³-hybridized carbons (Fsp3) is 0.417. The minimum Gasteiger partial charge on any atom is -0.491 e. The summed E-state index contributed by atoms with van der Waals surface area (Å²) < 4.78 is 18.3. The zero-order chi connectivity index (χ0) is 12.8. The predicted molar refractivity (Wildman–Crippen MR) is 61.7 cm³/mol. The Labute approximate surface area is 99.4 Å². The molecular weight excluding hydrogens is 225 g/mol. The Hall–Kier alpha value is -1.62. The van der Waals surface area contributed by atoms with Gasteiger partial charge < -0.3 is 15.2 Å². The van der Waals surface area contributed by atoms with Crippen molar-refractivity contribution >= 4 is 5.97 Å². The second-order valence-corrected chi connectivity index (χ2v) is 3.67. The van der Waals surface area contributed by atoms with E-state index in [0.29, 0.717) is 12.3 Å². The molecule has 0 bridgehead atoms. The molecule has 1 rings (SSSR count). The van der Waals surface area contributed by atoms with Crippen molar-refractivity contribution in [1.29, 1.82) is 0 Å². The van der Waals surface area contributed by atoms with Gasteiger partial charge >= 0.3 is 5.97 Å². The number of hydrogen-bond acceptors (Lipinski definition) is 3. The highest BCUT2D eigenvalue weighted by Gasteiger charge is 2.17. The quantitative estimate of drug-likeness (QED) is 0.793. The SMILES string of the molecule is CCNC(COc1cc(F)ccc1C)C(=O)O. The summed E-state index contributed by atoms with van der Waals surface area (Å²) in [5.41, 5.74) is 0.770. The van der Waals surface area contributed by atoms with E-state index in [1.165, 1.54) is 12.1 Å². The molecular formula is C12H16FNO3. The van der Waals surface area contributed by atoms with Gasteiger partial charge in [0.05, 0.1) is 0 Å². The molecule has 0 saturated carbocycles. The molecule has 1 atom stereocenters. The molecule has 2 N–H and O–H groups in total. The van der Waals surface area contributed by atoms with Crippen LogP contribution in [-0.4, -0.2) is 30.3 Å². The number of carbonyl (C=O) groups is 1. The van der Waals surface area contributed by atoms with E-state index in [2.05, 4.69) is 5.32 Å². The van der Waals surface area contributed by atoms with E-state index in [0.717, 1.165) is 5.56 Å². The molecule has 0 saturated heterocycles. The normalized spacial score (nSPS) is 12.2. The number of ether oxygens (including phenoxy) is 1. The van der Waals surface area contributed by atoms with E-state index in [1.807, 2.05) is 6.92 Å². The lowest BCUT2D eigenvalue weighted by molar-refractivity contribution is -0.140. The van der Waals surface area contributed by atoms with Crippen LogP contribution in [0.1, 0.15) is 12.5 Å². The van der Waals surface area contributed by atoms with Crippen LogP contribution in [0.3, 0.4) is 0 Å². The van der Waals surface area contributed by atoms with Crippen molar-refractivity contribution < 1.29 is 19.0 Å². The largest absolute Gasteiger partial charge is 0.491 e. The number of hydrogen-bond donors (Lipinski definition) is 2. The lowest BCUT2D eigenvalue weighted by Crippen LogP contribution is -2.41. The highest BCUT2D eigenvalue weighted by molar-refractivity contribution is 5.73. The Morgan fingerprint density at radius 2 is 2.29 bits per heavy atom. The Balaban J connectivity index is 2.64. The molecule has 94 valence electrons. The number of benzene rings is 1. The number of rotatable bonds is 6. The Kier molecular flexibility index (Phi) is 4.90. The van der Waals surface area contributed by atoms with Crippen LogP contribution in [0, 0.1) is 12.7 Å². The molecule has 1 aromatic carbocycles. The van der Waals surface area contributed by atoms with Gasteiger partial charge in [0.25, 0.3) is 0 Å². The van der Waals surface area contributed by atoms with Crippen molar-refractivity contribution in [2.45, 2.75) is 19.9 Å². The van der Waals surface area contributed by atoms with Gasteiger partial charge in [-0.05, 0) is 25.1 Å². The van der Waals surface area contributed by atoms with Crippen LogP contribution >= 0.6 is 0 Å². The summed E-state index contributed by atoms with van der Waals surface area (Å²) in [4.78, 5) is 10.8. The van der Waals surface area contributed by atoms with Crippen LogP contribution < -0.4 is 10.1 Å². The molecule has 17 heavy (non-hydrogen) atoms. The van der Waals surface area contributed by atoms with Crippen LogP contribution in [0.5, 0.6) is 5.75 Å². The molecule has 0 aliphatic heterocycles. The van der Waals surface area contributed by atoms with Gasteiger partial charge in [-0.1, -0.05) is 13.0 Å². The molecule has 0 spiro atoms. The van der Waals surface area contributed by atoms with Crippen molar-refractivity contribution in [3.05, 3.63) is 29.6 Å². The first-order valence-corrected chi connectivity index (χ1v) is 5.39. The van der Waals surface area contributed by atoms with Gasteiger partial charge in [0.1, 0.15) is 24.2 Å². The monoisotopic (exact) mass is 241 g/mol. The minimum absolute atomic E-state index is 0.0343. The van der Waals surface area contributed by atoms with Gasteiger partial charge in [0, 0.05) is 6.07 Å². The van der Waals surface area contributed by atoms with Gasteiger partial charge in [-0.25, -0.2) is 4.39 Å². The lowest BCUT2D eigenvalue weighted by atomic mass is 10.2. The number of carboxylic acid groups (broad SMARTS) is 1. The zero-order valence-electron chi connectivity index (χ0n) is 9.87. The number of halogens is 1. The van der Waals surface area contributed by atoms with Crippen LogP contribution in [0.15, 0.2) is 18.2 Å². The molecule has 0 radical (unpaired) electrons. The van der Waals surface area contributed by atoms with E-state index in [4.69, 9.17) is 9.84 Å². The standard InChI is InChI=1S/C12H16FNO3/c1-3-14-10(12(15)16)7-17-11-6-9(13)5-4-8(11)2/h4-6,10,14H,3,7H2,1-2H3,(H,15,16). The summed E-state index contributed by atoms with van der Waals surface area (Å²) in [7, 11) is 0. The smallest absolute Gasteiger partial charge is 0.324 e. The van der Waals surface area contributed by atoms with E-state index < -0.39 is 17.8 Å². The molecule has 1 aromatic rings. The number of aliphatic carboxylic acids is 1. The highest BCUT2D eigenvalue weighted by Crippen LogP contribution is 2.18. The maximum absolute atomic E-state index is 13.0. The van der Waals surface area contributed by atoms with Crippen LogP contribution in [0.25, 0.3) is 0 Å². The Morgan fingerprint density at radius 1 is 1.59 bits per heavy atom. The van der Waals surface area contributed by atoms with E-state index in [9.17, 15) is 9.18 Å². The fourth-order valence-electron chi connectivity index (χ4n) is 1.37. The van der Waals surface area contributed by atoms with Crippen molar-refractivity contribution in [1.82, 2.24) is 5.32 Å². The lowest BCUT2D eigenvalue weighted by Gasteiger charge is -2.15. The molecule has 0 aromatic heterocycles. The third kappa shape index (κ3) is 4.03. The van der Waals surface area contributed by atoms with Crippen molar-refractivity contribution in [2.24, 2.45) is 0 Å². The summed E-state index contributed by atoms with van der Waals surface area (Å²) in [6, 6.07) is 3.39. The average Bonchev–Trinajstić information content (AvgIpc) is 2.28. The van der Waals surface area contributed by atoms with Crippen molar-refractivity contribution in [2.75, 3.05) is 13.2 Å². The van der Waals surface area contributed by atoms with Crippen molar-refractivity contribution in [3.8, 4) is 5.75 Å². The highest BCUT2D eigenvalue weighted by atomic mass is 19.1. The second-order valence-electron chi connectivity index (χ2n) is 3.67. The van der Waals surface area contributed by atoms with Gasteiger partial charge in [-0.3, -0.25) is 4.79 Å². The van der Waals surface area contributed by atoms with E-state index in [1.54, 1.807) is 13.0 Å². The predicted octanol–water partition coefficient (Wildman–Crippen LogP) is 1.58. The molecule has 0 amide bonds. The van der Waals surface area contributed by atoms with Gasteiger partial charge in [0.2, 0.25) is 0 Å². The summed E-state index contributed by atoms with van der Waals surface area (Å²) in [5, 5.41) is 11.7. The molecule has 0 heterocycles. The number of carboxylic acids is 1. The number of nitrogens with one attached hydrogen (secondary N) is 1. The Morgan fingerprint density at radius 3 is 2.88 bits per heavy atom. The topological polar surface area (TPSA) is 58.6 Å². The number of likely N-dealkylation sites (N-methyl/N-ethyl adjacent to an activating group) is 1. The van der Waals surface area contributed by atoms with Gasteiger partial charge in [-0.2, -0.15) is 0 Å². The molecule has 5 heteroatoms. The summed E-state index contributed by atoms with van der Waals surface area (Å²) in [5.74, 6) is -1.02. The minimum atomic E-state index is -0.985. The third-order valence-electron chi connectivity index (χ3n) is 2.30. The van der Waals surface area contributed by atoms with E-state index in [-0.39, 0.29) is 6.61 Å². The molecule has 1 unspecified atom stereocenters. The van der Waals surface area contributed by atoms with E-state index >= 15 is 0 Å². The summed E-state index contributed by atoms with van der Waals surface area (Å²) >= 11 is 0. The molecule has 0 fully saturated rings. The summed E-state index contributed by atoms with van der Waals surface area (Å²) in [6.07, 6.45) is 0. The van der Waals surface area contributed by atoms with Gasteiger partial charge in [0.15, 0.2) is 0 Å². The molecule has 0 aliphatic carbocycles.